The molecule has 14 heavy (non-hydrogen) atoms. The lowest BCUT2D eigenvalue weighted by molar-refractivity contribution is 0.0535. The van der Waals surface area contributed by atoms with E-state index in [1.54, 1.807) is 0 Å². The molecule has 1 N–H and O–H groups in total. The normalized spacial score (nSPS) is 16.4. The van der Waals surface area contributed by atoms with E-state index in [2.05, 4.69) is 27.7 Å². The van der Waals surface area contributed by atoms with Crippen molar-refractivity contribution in [2.24, 2.45) is 11.3 Å². The molecule has 1 rings (SSSR count). The van der Waals surface area contributed by atoms with E-state index in [0.717, 1.165) is 5.56 Å². The monoisotopic (exact) mass is 192 g/mol. The number of hydrogen-bond donors (Lipinski definition) is 1. The average molecular weight is 192 g/mol. The van der Waals surface area contributed by atoms with Gasteiger partial charge >= 0.3 is 0 Å². The molecule has 1 nitrogen and oxygen atoms in total. The van der Waals surface area contributed by atoms with E-state index in [1.807, 2.05) is 30.3 Å². The maximum absolute atomic E-state index is 10.1. The highest BCUT2D eigenvalue weighted by atomic mass is 16.3. The molecule has 2 unspecified atom stereocenters. The summed E-state index contributed by atoms with van der Waals surface area (Å²) in [6.45, 7) is 8.56. The van der Waals surface area contributed by atoms with E-state index in [0.29, 0.717) is 0 Å². The molecule has 0 saturated heterocycles. The van der Waals surface area contributed by atoms with Crippen molar-refractivity contribution in [3.63, 3.8) is 0 Å². The van der Waals surface area contributed by atoms with Gasteiger partial charge in [0.25, 0.3) is 0 Å². The third kappa shape index (κ3) is 2.58. The van der Waals surface area contributed by atoms with E-state index in [4.69, 9.17) is 0 Å². The molecule has 0 aromatic heterocycles. The number of aliphatic hydroxyl groups is 1. The van der Waals surface area contributed by atoms with Gasteiger partial charge in [-0.25, -0.2) is 0 Å². The van der Waals surface area contributed by atoms with Crippen molar-refractivity contribution in [1.82, 2.24) is 0 Å². The van der Waals surface area contributed by atoms with Gasteiger partial charge in [0.05, 0.1) is 6.10 Å². The summed E-state index contributed by atoms with van der Waals surface area (Å²) >= 11 is 0. The second kappa shape index (κ2) is 4.14. The summed E-state index contributed by atoms with van der Waals surface area (Å²) in [4.78, 5) is 0. The first-order chi connectivity index (χ1) is 6.43. The molecular formula is C13H20O. The van der Waals surface area contributed by atoms with Crippen LogP contribution in [0, 0.1) is 11.3 Å². The van der Waals surface area contributed by atoms with Gasteiger partial charge in [0.2, 0.25) is 0 Å². The third-order valence-corrected chi connectivity index (χ3v) is 2.98. The lowest BCUT2D eigenvalue weighted by Crippen LogP contribution is -2.24. The van der Waals surface area contributed by atoms with Crippen molar-refractivity contribution in [2.75, 3.05) is 0 Å². The molecule has 0 aliphatic heterocycles. The summed E-state index contributed by atoms with van der Waals surface area (Å²) in [6.07, 6.45) is -0.365. The zero-order valence-corrected chi connectivity index (χ0v) is 9.49. The molecule has 0 saturated carbocycles. The van der Waals surface area contributed by atoms with E-state index in [-0.39, 0.29) is 17.4 Å². The molecule has 0 amide bonds. The van der Waals surface area contributed by atoms with Crippen LogP contribution in [0.2, 0.25) is 0 Å². The van der Waals surface area contributed by atoms with Crippen LogP contribution in [0.3, 0.4) is 0 Å². The predicted octanol–water partition coefficient (Wildman–Crippen LogP) is 3.40. The van der Waals surface area contributed by atoms with Crippen LogP contribution in [0.1, 0.15) is 39.4 Å². The highest BCUT2D eigenvalue weighted by Gasteiger charge is 2.27. The summed E-state index contributed by atoms with van der Waals surface area (Å²) in [5, 5.41) is 10.1. The minimum absolute atomic E-state index is 0.134. The van der Waals surface area contributed by atoms with Gasteiger partial charge in [-0.15, -0.1) is 0 Å². The first-order valence-corrected chi connectivity index (χ1v) is 5.16. The summed E-state index contributed by atoms with van der Waals surface area (Å²) in [7, 11) is 0. The first kappa shape index (κ1) is 11.3. The maximum Gasteiger partial charge on any atom is 0.0820 e. The van der Waals surface area contributed by atoms with E-state index < -0.39 is 0 Å². The van der Waals surface area contributed by atoms with Gasteiger partial charge < -0.3 is 5.11 Å². The number of rotatable bonds is 2. The average Bonchev–Trinajstić information content (AvgIpc) is 2.15. The van der Waals surface area contributed by atoms with Crippen LogP contribution in [0.15, 0.2) is 30.3 Å². The van der Waals surface area contributed by atoms with Gasteiger partial charge in [-0.3, -0.25) is 0 Å². The van der Waals surface area contributed by atoms with E-state index in [1.165, 1.54) is 0 Å². The summed E-state index contributed by atoms with van der Waals surface area (Å²) < 4.78 is 0. The van der Waals surface area contributed by atoms with Crippen LogP contribution < -0.4 is 0 Å². The fourth-order valence-corrected chi connectivity index (χ4v) is 1.41. The zero-order chi connectivity index (χ0) is 10.8. The molecule has 0 aliphatic carbocycles. The molecule has 1 aromatic rings. The zero-order valence-electron chi connectivity index (χ0n) is 9.49. The Balaban J connectivity index is 2.81. The number of benzene rings is 1. The third-order valence-electron chi connectivity index (χ3n) is 2.98. The molecule has 0 aliphatic rings. The lowest BCUT2D eigenvalue weighted by atomic mass is 9.77. The molecule has 2 atom stereocenters. The molecule has 78 valence electrons. The van der Waals surface area contributed by atoms with Crippen LogP contribution >= 0.6 is 0 Å². The Bertz CT molecular complexity index is 271. The topological polar surface area (TPSA) is 20.2 Å². The SMILES string of the molecule is CC(C(O)c1ccccc1)C(C)(C)C. The van der Waals surface area contributed by atoms with Crippen molar-refractivity contribution in [3.05, 3.63) is 35.9 Å². The fourth-order valence-electron chi connectivity index (χ4n) is 1.41. The molecule has 1 aromatic carbocycles. The minimum atomic E-state index is -0.365. The highest BCUT2D eigenvalue weighted by molar-refractivity contribution is 5.18. The lowest BCUT2D eigenvalue weighted by Gasteiger charge is -2.31. The van der Waals surface area contributed by atoms with Gasteiger partial charge in [-0.2, -0.15) is 0 Å². The largest absolute Gasteiger partial charge is 0.388 e. The van der Waals surface area contributed by atoms with Gasteiger partial charge in [-0.05, 0) is 16.9 Å². The van der Waals surface area contributed by atoms with Crippen molar-refractivity contribution in [1.29, 1.82) is 0 Å². The van der Waals surface area contributed by atoms with Crippen LogP contribution in [-0.4, -0.2) is 5.11 Å². The predicted molar refractivity (Wildman–Crippen MR) is 60.0 cm³/mol. The quantitative estimate of drug-likeness (QED) is 0.761. The van der Waals surface area contributed by atoms with Crippen LogP contribution in [0.25, 0.3) is 0 Å². The van der Waals surface area contributed by atoms with Gasteiger partial charge in [0, 0.05) is 0 Å². The molecule has 0 radical (unpaired) electrons. The second-order valence-corrected chi connectivity index (χ2v) is 5.01. The maximum atomic E-state index is 10.1. The highest BCUT2D eigenvalue weighted by Crippen LogP contribution is 2.35. The van der Waals surface area contributed by atoms with Crippen molar-refractivity contribution in [3.8, 4) is 0 Å². The van der Waals surface area contributed by atoms with Gasteiger partial charge in [0.1, 0.15) is 0 Å². The second-order valence-electron chi connectivity index (χ2n) is 5.01. The van der Waals surface area contributed by atoms with Crippen LogP contribution in [0.4, 0.5) is 0 Å². The number of hydrogen-bond acceptors (Lipinski definition) is 1. The molecular weight excluding hydrogens is 172 g/mol. The Morgan fingerprint density at radius 1 is 1.07 bits per heavy atom. The van der Waals surface area contributed by atoms with Crippen molar-refractivity contribution in [2.45, 2.75) is 33.8 Å². The molecule has 0 fully saturated rings. The standard InChI is InChI=1S/C13H20O/c1-10(13(2,3)4)12(14)11-8-6-5-7-9-11/h5-10,12,14H,1-4H3. The van der Waals surface area contributed by atoms with Crippen molar-refractivity contribution >= 4 is 0 Å². The molecule has 1 heteroatoms. The van der Waals surface area contributed by atoms with E-state index >= 15 is 0 Å². The summed E-state index contributed by atoms with van der Waals surface area (Å²) in [5.74, 6) is 0.255. The van der Waals surface area contributed by atoms with Gasteiger partial charge in [0.15, 0.2) is 0 Å². The number of aliphatic hydroxyl groups excluding tert-OH is 1. The Kier molecular flexibility index (Phi) is 3.33. The smallest absolute Gasteiger partial charge is 0.0820 e. The van der Waals surface area contributed by atoms with E-state index in [9.17, 15) is 5.11 Å². The Morgan fingerprint density at radius 2 is 1.57 bits per heavy atom. The van der Waals surface area contributed by atoms with Crippen molar-refractivity contribution < 1.29 is 5.11 Å². The first-order valence-electron chi connectivity index (χ1n) is 5.16. The Morgan fingerprint density at radius 3 is 2.00 bits per heavy atom. The van der Waals surface area contributed by atoms with Crippen LogP contribution in [-0.2, 0) is 0 Å². The molecule has 0 spiro atoms. The summed E-state index contributed by atoms with van der Waals surface area (Å²) in [6, 6.07) is 9.86. The fraction of sp³-hybridized carbons (Fsp3) is 0.538. The van der Waals surface area contributed by atoms with Crippen LogP contribution in [0.5, 0.6) is 0 Å². The molecule has 0 bridgehead atoms. The molecule has 0 heterocycles. The minimum Gasteiger partial charge on any atom is -0.388 e. The Labute approximate surface area is 86.8 Å². The summed E-state index contributed by atoms with van der Waals surface area (Å²) in [5.41, 5.74) is 1.14. The Hall–Kier alpha value is -0.820. The van der Waals surface area contributed by atoms with Gasteiger partial charge in [-0.1, -0.05) is 58.0 Å².